The molecule has 0 heterocycles. The van der Waals surface area contributed by atoms with Crippen molar-refractivity contribution in [2.75, 3.05) is 0 Å². The molecule has 118 valence electrons. The SMILES string of the molecule is CC1CCC(C(C)C)C(OC(=O)C(C)(C)O[PH](=O)O)C1. The molecule has 1 saturated carbocycles. The van der Waals surface area contributed by atoms with Crippen LogP contribution in [0.5, 0.6) is 0 Å². The number of hydrogen-bond acceptors (Lipinski definition) is 4. The molecule has 0 aromatic carbocycles. The minimum absolute atomic E-state index is 0.129. The van der Waals surface area contributed by atoms with Gasteiger partial charge in [-0.2, -0.15) is 0 Å². The maximum Gasteiger partial charge on any atom is 0.338 e. The molecule has 0 radical (unpaired) electrons. The van der Waals surface area contributed by atoms with Gasteiger partial charge in [-0.25, -0.2) is 4.79 Å². The number of rotatable bonds is 5. The topological polar surface area (TPSA) is 72.8 Å². The van der Waals surface area contributed by atoms with Crippen LogP contribution in [0.25, 0.3) is 0 Å². The molecular weight excluding hydrogens is 279 g/mol. The van der Waals surface area contributed by atoms with Gasteiger partial charge in [0.15, 0.2) is 5.60 Å². The number of carbonyl (C=O) groups is 1. The Morgan fingerprint density at radius 2 is 1.95 bits per heavy atom. The van der Waals surface area contributed by atoms with Gasteiger partial charge in [-0.15, -0.1) is 0 Å². The molecule has 4 atom stereocenters. The average Bonchev–Trinajstić information content (AvgIpc) is 2.26. The van der Waals surface area contributed by atoms with Gasteiger partial charge >= 0.3 is 14.2 Å². The lowest BCUT2D eigenvalue weighted by atomic mass is 9.75. The minimum Gasteiger partial charge on any atom is -0.460 e. The lowest BCUT2D eigenvalue weighted by molar-refractivity contribution is -0.171. The van der Waals surface area contributed by atoms with Gasteiger partial charge in [0.1, 0.15) is 6.10 Å². The van der Waals surface area contributed by atoms with Gasteiger partial charge in [-0.3, -0.25) is 9.09 Å². The molecule has 5 nitrogen and oxygen atoms in total. The lowest BCUT2D eigenvalue weighted by Gasteiger charge is -2.38. The van der Waals surface area contributed by atoms with E-state index in [9.17, 15) is 9.36 Å². The van der Waals surface area contributed by atoms with E-state index < -0.39 is 19.8 Å². The van der Waals surface area contributed by atoms with Gasteiger partial charge in [0, 0.05) is 0 Å². The predicted molar refractivity (Wildman–Crippen MR) is 77.6 cm³/mol. The third kappa shape index (κ3) is 4.87. The normalized spacial score (nSPS) is 29.2. The fourth-order valence-electron chi connectivity index (χ4n) is 2.79. The molecule has 0 spiro atoms. The first-order valence-electron chi connectivity index (χ1n) is 7.26. The van der Waals surface area contributed by atoms with Crippen LogP contribution in [0.1, 0.15) is 53.9 Å². The van der Waals surface area contributed by atoms with Crippen LogP contribution in [0.15, 0.2) is 0 Å². The largest absolute Gasteiger partial charge is 0.460 e. The molecule has 0 aromatic rings. The fourth-order valence-corrected chi connectivity index (χ4v) is 3.31. The Morgan fingerprint density at radius 1 is 1.35 bits per heavy atom. The molecular formula is C14H27O5P. The third-order valence-corrected chi connectivity index (χ3v) is 4.74. The van der Waals surface area contributed by atoms with Crippen molar-refractivity contribution in [2.24, 2.45) is 17.8 Å². The summed E-state index contributed by atoms with van der Waals surface area (Å²) in [5, 5.41) is 0. The fraction of sp³-hybridized carbons (Fsp3) is 0.929. The Balaban J connectivity index is 2.72. The molecule has 1 N–H and O–H groups in total. The van der Waals surface area contributed by atoms with E-state index in [0.29, 0.717) is 17.8 Å². The van der Waals surface area contributed by atoms with Crippen LogP contribution in [0.4, 0.5) is 0 Å². The second kappa shape index (κ2) is 7.06. The summed E-state index contributed by atoms with van der Waals surface area (Å²) >= 11 is 0. The van der Waals surface area contributed by atoms with Gasteiger partial charge in [0.05, 0.1) is 0 Å². The summed E-state index contributed by atoms with van der Waals surface area (Å²) in [7, 11) is -3.17. The van der Waals surface area contributed by atoms with E-state index in [-0.39, 0.29) is 6.10 Å². The summed E-state index contributed by atoms with van der Waals surface area (Å²) in [4.78, 5) is 21.0. The van der Waals surface area contributed by atoms with Gasteiger partial charge in [0.25, 0.3) is 0 Å². The molecule has 1 rings (SSSR count). The van der Waals surface area contributed by atoms with Gasteiger partial charge in [0.2, 0.25) is 0 Å². The van der Waals surface area contributed by atoms with E-state index in [1.54, 1.807) is 0 Å². The monoisotopic (exact) mass is 306 g/mol. The maximum absolute atomic E-state index is 12.2. The summed E-state index contributed by atoms with van der Waals surface area (Å²) in [5.74, 6) is 0.761. The standard InChI is InChI=1S/C14H27O5P/c1-9(2)11-7-6-10(3)8-12(11)18-13(15)14(4,5)19-20(16)17/h9-12,20H,6-8H2,1-5H3,(H,16,17). The molecule has 0 saturated heterocycles. The Hall–Kier alpha value is -0.380. The molecule has 1 aliphatic carbocycles. The highest BCUT2D eigenvalue weighted by Gasteiger charge is 2.38. The van der Waals surface area contributed by atoms with Crippen LogP contribution in [-0.4, -0.2) is 22.6 Å². The van der Waals surface area contributed by atoms with E-state index in [0.717, 1.165) is 19.3 Å². The van der Waals surface area contributed by atoms with Gasteiger partial charge in [-0.05, 0) is 44.4 Å². The van der Waals surface area contributed by atoms with Crippen LogP contribution in [0.3, 0.4) is 0 Å². The highest BCUT2D eigenvalue weighted by molar-refractivity contribution is 7.32. The minimum atomic E-state index is -3.17. The second-order valence-electron chi connectivity index (χ2n) is 6.65. The van der Waals surface area contributed by atoms with Crippen molar-refractivity contribution in [3.05, 3.63) is 0 Å². The van der Waals surface area contributed by atoms with Crippen molar-refractivity contribution in [1.82, 2.24) is 0 Å². The summed E-state index contributed by atoms with van der Waals surface area (Å²) in [5.41, 5.74) is -1.38. The smallest absolute Gasteiger partial charge is 0.338 e. The zero-order valence-electron chi connectivity index (χ0n) is 13.0. The molecule has 0 amide bonds. The molecule has 20 heavy (non-hydrogen) atoms. The molecule has 1 fully saturated rings. The highest BCUT2D eigenvalue weighted by atomic mass is 31.1. The van der Waals surface area contributed by atoms with Crippen LogP contribution < -0.4 is 0 Å². The summed E-state index contributed by atoms with van der Waals surface area (Å²) < 4.78 is 21.2. The molecule has 0 aliphatic heterocycles. The summed E-state index contributed by atoms with van der Waals surface area (Å²) in [6, 6.07) is 0. The van der Waals surface area contributed by atoms with E-state index in [1.165, 1.54) is 13.8 Å². The molecule has 0 aromatic heterocycles. The zero-order valence-corrected chi connectivity index (χ0v) is 14.0. The maximum atomic E-state index is 12.2. The number of ether oxygens (including phenoxy) is 1. The van der Waals surface area contributed by atoms with E-state index in [4.69, 9.17) is 14.2 Å². The van der Waals surface area contributed by atoms with Crippen molar-refractivity contribution >= 4 is 14.2 Å². The first-order valence-corrected chi connectivity index (χ1v) is 8.53. The van der Waals surface area contributed by atoms with Crippen LogP contribution in [0, 0.1) is 17.8 Å². The average molecular weight is 306 g/mol. The van der Waals surface area contributed by atoms with Gasteiger partial charge < -0.3 is 9.63 Å². The van der Waals surface area contributed by atoms with Crippen LogP contribution in [-0.2, 0) is 18.6 Å². The predicted octanol–water partition coefficient (Wildman–Crippen LogP) is 3.17. The Bertz CT molecular complexity index is 367. The first kappa shape index (κ1) is 17.7. The van der Waals surface area contributed by atoms with Crippen LogP contribution >= 0.6 is 8.25 Å². The van der Waals surface area contributed by atoms with E-state index >= 15 is 0 Å². The van der Waals surface area contributed by atoms with Crippen LogP contribution in [0.2, 0.25) is 0 Å². The molecule has 4 unspecified atom stereocenters. The van der Waals surface area contributed by atoms with Gasteiger partial charge in [-0.1, -0.05) is 27.2 Å². The second-order valence-corrected chi connectivity index (χ2v) is 7.38. The van der Waals surface area contributed by atoms with Crippen molar-refractivity contribution in [2.45, 2.75) is 65.6 Å². The first-order chi connectivity index (χ1) is 9.13. The van der Waals surface area contributed by atoms with Crippen molar-refractivity contribution in [3.63, 3.8) is 0 Å². The lowest BCUT2D eigenvalue weighted by Crippen LogP contribution is -2.42. The molecule has 6 heteroatoms. The molecule has 1 aliphatic rings. The van der Waals surface area contributed by atoms with E-state index in [1.807, 2.05) is 0 Å². The Labute approximate surface area is 122 Å². The highest BCUT2D eigenvalue weighted by Crippen LogP contribution is 2.36. The quantitative estimate of drug-likeness (QED) is 0.624. The summed E-state index contributed by atoms with van der Waals surface area (Å²) in [6.45, 7) is 9.35. The van der Waals surface area contributed by atoms with Crippen molar-refractivity contribution < 1.29 is 23.5 Å². The Kier molecular flexibility index (Phi) is 6.24. The number of hydrogen-bond donors (Lipinski definition) is 1. The third-order valence-electron chi connectivity index (χ3n) is 4.05. The van der Waals surface area contributed by atoms with E-state index in [2.05, 4.69) is 20.8 Å². The summed E-state index contributed by atoms with van der Waals surface area (Å²) in [6.07, 6.45) is 2.92. The Morgan fingerprint density at radius 3 is 2.45 bits per heavy atom. The number of esters is 1. The zero-order chi connectivity index (χ0) is 15.5. The number of carbonyl (C=O) groups excluding carboxylic acids is 1. The van der Waals surface area contributed by atoms with Crippen molar-refractivity contribution in [1.29, 1.82) is 0 Å². The molecule has 0 bridgehead atoms. The van der Waals surface area contributed by atoms with Crippen molar-refractivity contribution in [3.8, 4) is 0 Å².